The van der Waals surface area contributed by atoms with Crippen LogP contribution in [0.25, 0.3) is 0 Å². The Labute approximate surface area is 209 Å². The number of nitrogens with zero attached hydrogens (tertiary/aromatic N) is 1. The molecule has 3 aromatic rings. The van der Waals surface area contributed by atoms with Crippen molar-refractivity contribution < 1.29 is 14.3 Å². The monoisotopic (exact) mass is 472 g/mol. The van der Waals surface area contributed by atoms with E-state index in [0.29, 0.717) is 18.7 Å². The van der Waals surface area contributed by atoms with Gasteiger partial charge in [-0.25, -0.2) is 0 Å². The Morgan fingerprint density at radius 1 is 0.886 bits per heavy atom. The molecule has 35 heavy (non-hydrogen) atoms. The Hall–Kier alpha value is -3.60. The molecule has 0 radical (unpaired) electrons. The summed E-state index contributed by atoms with van der Waals surface area (Å²) in [5.41, 5.74) is 4.28. The van der Waals surface area contributed by atoms with E-state index >= 15 is 0 Å². The van der Waals surface area contributed by atoms with Crippen molar-refractivity contribution in [3.05, 3.63) is 101 Å². The third-order valence-electron chi connectivity index (χ3n) is 5.83. The summed E-state index contributed by atoms with van der Waals surface area (Å²) in [7, 11) is 0. The fourth-order valence-corrected chi connectivity index (χ4v) is 3.99. The summed E-state index contributed by atoms with van der Waals surface area (Å²) in [6.45, 7) is 8.14. The van der Waals surface area contributed by atoms with Gasteiger partial charge in [0.15, 0.2) is 6.61 Å². The van der Waals surface area contributed by atoms with Crippen molar-refractivity contribution in [2.24, 2.45) is 0 Å². The molecule has 0 heterocycles. The van der Waals surface area contributed by atoms with Crippen LogP contribution in [0.2, 0.25) is 0 Å². The molecule has 0 aromatic heterocycles. The van der Waals surface area contributed by atoms with Crippen molar-refractivity contribution in [2.75, 3.05) is 6.61 Å². The van der Waals surface area contributed by atoms with E-state index in [4.69, 9.17) is 4.74 Å². The van der Waals surface area contributed by atoms with Gasteiger partial charge in [0.25, 0.3) is 5.91 Å². The highest BCUT2D eigenvalue weighted by Crippen LogP contribution is 2.18. The molecule has 0 aliphatic rings. The zero-order valence-electron chi connectivity index (χ0n) is 21.2. The lowest BCUT2D eigenvalue weighted by Crippen LogP contribution is -2.52. The first kappa shape index (κ1) is 26.0. The molecule has 3 aromatic carbocycles. The van der Waals surface area contributed by atoms with Crippen molar-refractivity contribution >= 4 is 11.8 Å². The summed E-state index contributed by atoms with van der Waals surface area (Å²) >= 11 is 0. The minimum absolute atomic E-state index is 0.0370. The number of rotatable bonds is 11. The van der Waals surface area contributed by atoms with Crippen LogP contribution < -0.4 is 10.1 Å². The number of ether oxygens (including phenoxy) is 1. The van der Waals surface area contributed by atoms with E-state index in [1.54, 1.807) is 4.90 Å². The highest BCUT2D eigenvalue weighted by molar-refractivity contribution is 5.88. The normalized spacial score (nSPS) is 11.7. The molecule has 184 valence electrons. The van der Waals surface area contributed by atoms with Crippen molar-refractivity contribution in [2.45, 2.75) is 59.2 Å². The van der Waals surface area contributed by atoms with Crippen LogP contribution in [0.15, 0.2) is 78.9 Å². The number of hydrogen-bond acceptors (Lipinski definition) is 3. The van der Waals surface area contributed by atoms with Crippen LogP contribution >= 0.6 is 0 Å². The molecule has 0 aliphatic heterocycles. The molecule has 5 nitrogen and oxygen atoms in total. The van der Waals surface area contributed by atoms with Crippen LogP contribution in [0.3, 0.4) is 0 Å². The van der Waals surface area contributed by atoms with Crippen LogP contribution in [-0.2, 0) is 29.0 Å². The largest absolute Gasteiger partial charge is 0.484 e. The van der Waals surface area contributed by atoms with Gasteiger partial charge in [0.2, 0.25) is 5.91 Å². The van der Waals surface area contributed by atoms with Gasteiger partial charge in [-0.05, 0) is 56.0 Å². The Morgan fingerprint density at radius 3 is 2.20 bits per heavy atom. The van der Waals surface area contributed by atoms with Gasteiger partial charge in [0.05, 0.1) is 0 Å². The van der Waals surface area contributed by atoms with E-state index < -0.39 is 6.04 Å². The van der Waals surface area contributed by atoms with Gasteiger partial charge in [-0.3, -0.25) is 9.59 Å². The average molecular weight is 473 g/mol. The lowest BCUT2D eigenvalue weighted by atomic mass is 10.0. The molecule has 0 saturated carbocycles. The Kier molecular flexibility index (Phi) is 9.47. The molecule has 0 saturated heterocycles. The Morgan fingerprint density at radius 2 is 1.57 bits per heavy atom. The number of hydrogen-bond donors (Lipinski definition) is 1. The van der Waals surface area contributed by atoms with E-state index in [9.17, 15) is 9.59 Å². The lowest BCUT2D eigenvalue weighted by Gasteiger charge is -2.32. The summed E-state index contributed by atoms with van der Waals surface area (Å²) in [5, 5.41) is 3.01. The standard InChI is InChI=1S/C30H36N2O3/c1-5-24-14-16-27(17-15-24)35-21-29(33)32(20-26-13-9-10-23(4)18-26)28(30(34)31-22(2)3)19-25-11-7-6-8-12-25/h6-18,22,28H,5,19-21H2,1-4H3,(H,31,34)/t28-/m0/s1. The molecule has 3 rings (SSSR count). The van der Waals surface area contributed by atoms with Gasteiger partial charge in [0.1, 0.15) is 11.8 Å². The molecule has 0 fully saturated rings. The third kappa shape index (κ3) is 7.99. The summed E-state index contributed by atoms with van der Waals surface area (Å²) in [5.74, 6) is 0.236. The zero-order valence-corrected chi connectivity index (χ0v) is 21.2. The quantitative estimate of drug-likeness (QED) is 0.422. The number of benzene rings is 3. The van der Waals surface area contributed by atoms with Crippen LogP contribution in [0, 0.1) is 6.92 Å². The maximum atomic E-state index is 13.6. The number of nitrogens with one attached hydrogen (secondary N) is 1. The van der Waals surface area contributed by atoms with Crippen molar-refractivity contribution in [3.63, 3.8) is 0 Å². The van der Waals surface area contributed by atoms with Crippen molar-refractivity contribution in [1.29, 1.82) is 0 Å². The van der Waals surface area contributed by atoms with Crippen molar-refractivity contribution in [3.8, 4) is 5.75 Å². The first-order valence-corrected chi connectivity index (χ1v) is 12.3. The highest BCUT2D eigenvalue weighted by Gasteiger charge is 2.31. The number of carbonyl (C=O) groups is 2. The smallest absolute Gasteiger partial charge is 0.261 e. The molecule has 5 heteroatoms. The number of carbonyl (C=O) groups excluding carboxylic acids is 2. The van der Waals surface area contributed by atoms with E-state index in [0.717, 1.165) is 23.1 Å². The maximum absolute atomic E-state index is 13.6. The summed E-state index contributed by atoms with van der Waals surface area (Å²) in [4.78, 5) is 28.6. The van der Waals surface area contributed by atoms with Gasteiger partial charge >= 0.3 is 0 Å². The minimum Gasteiger partial charge on any atom is -0.484 e. The fourth-order valence-electron chi connectivity index (χ4n) is 3.99. The van der Waals surface area contributed by atoms with E-state index in [1.165, 1.54) is 5.56 Å². The Balaban J connectivity index is 1.88. The zero-order chi connectivity index (χ0) is 25.2. The predicted molar refractivity (Wildman–Crippen MR) is 140 cm³/mol. The maximum Gasteiger partial charge on any atom is 0.261 e. The first-order valence-electron chi connectivity index (χ1n) is 12.3. The second-order valence-corrected chi connectivity index (χ2v) is 9.17. The average Bonchev–Trinajstić information content (AvgIpc) is 2.85. The Bertz CT molecular complexity index is 1090. The molecule has 0 bridgehead atoms. The molecule has 1 atom stereocenters. The topological polar surface area (TPSA) is 58.6 Å². The molecule has 0 spiro atoms. The molecule has 2 amide bonds. The van der Waals surface area contributed by atoms with Crippen LogP contribution in [0.5, 0.6) is 5.75 Å². The second-order valence-electron chi connectivity index (χ2n) is 9.17. The molecule has 0 unspecified atom stereocenters. The highest BCUT2D eigenvalue weighted by atomic mass is 16.5. The van der Waals surface area contributed by atoms with E-state index in [-0.39, 0.29) is 24.5 Å². The molecule has 0 aliphatic carbocycles. The molecule has 1 N–H and O–H groups in total. The fraction of sp³-hybridized carbons (Fsp3) is 0.333. The SMILES string of the molecule is CCc1ccc(OCC(=O)N(Cc2cccc(C)c2)[C@@H](Cc2ccccc2)C(=O)NC(C)C)cc1. The van der Waals surface area contributed by atoms with E-state index in [1.807, 2.05) is 99.6 Å². The predicted octanol–water partition coefficient (Wildman–Crippen LogP) is 5.10. The summed E-state index contributed by atoms with van der Waals surface area (Å²) in [6, 6.07) is 24.9. The molecular formula is C30H36N2O3. The lowest BCUT2D eigenvalue weighted by molar-refractivity contribution is -0.143. The second kappa shape index (κ2) is 12.7. The third-order valence-corrected chi connectivity index (χ3v) is 5.83. The minimum atomic E-state index is -0.668. The van der Waals surface area contributed by atoms with Crippen LogP contribution in [0.1, 0.15) is 43.0 Å². The molecular weight excluding hydrogens is 436 g/mol. The van der Waals surface area contributed by atoms with Gasteiger partial charge in [-0.2, -0.15) is 0 Å². The summed E-state index contributed by atoms with van der Waals surface area (Å²) < 4.78 is 5.85. The van der Waals surface area contributed by atoms with Gasteiger partial charge in [-0.1, -0.05) is 79.2 Å². The van der Waals surface area contributed by atoms with Crippen LogP contribution in [0.4, 0.5) is 0 Å². The number of amides is 2. The van der Waals surface area contributed by atoms with Gasteiger partial charge in [-0.15, -0.1) is 0 Å². The van der Waals surface area contributed by atoms with Crippen LogP contribution in [-0.4, -0.2) is 35.4 Å². The van der Waals surface area contributed by atoms with Crippen molar-refractivity contribution in [1.82, 2.24) is 10.2 Å². The first-order chi connectivity index (χ1) is 16.9. The van der Waals surface area contributed by atoms with Gasteiger partial charge < -0.3 is 15.0 Å². The summed E-state index contributed by atoms with van der Waals surface area (Å²) in [6.07, 6.45) is 1.36. The number of aryl methyl sites for hydroxylation is 2. The van der Waals surface area contributed by atoms with Gasteiger partial charge in [0, 0.05) is 19.0 Å². The van der Waals surface area contributed by atoms with E-state index in [2.05, 4.69) is 12.2 Å².